The molecule has 2 nitrogen and oxygen atoms in total. The number of carbonyl (C=O) groups excluding carboxylic acids is 1. The lowest BCUT2D eigenvalue weighted by molar-refractivity contribution is -0.115. The van der Waals surface area contributed by atoms with E-state index in [9.17, 15) is 4.79 Å². The molecular weight excluding hydrogens is 206 g/mol. The summed E-state index contributed by atoms with van der Waals surface area (Å²) < 4.78 is 0. The lowest BCUT2D eigenvalue weighted by Gasteiger charge is -2.04. The maximum atomic E-state index is 11.2. The maximum absolute atomic E-state index is 11.2. The molecule has 1 aliphatic rings. The van der Waals surface area contributed by atoms with Gasteiger partial charge in [0.15, 0.2) is 0 Å². The number of nitrogens with one attached hydrogen (secondary N) is 1. The molecule has 0 spiro atoms. The van der Waals surface area contributed by atoms with Crippen molar-refractivity contribution in [3.63, 3.8) is 0 Å². The number of hydrogen-bond donors (Lipinski definition) is 1. The fraction of sp³-hybridized carbons (Fsp3) is 0.222. The first-order chi connectivity index (χ1) is 6.25. The zero-order chi connectivity index (χ0) is 9.26. The fourth-order valence-corrected chi connectivity index (χ4v) is 2.41. The van der Waals surface area contributed by atoms with Crippen LogP contribution in [0, 0.1) is 0 Å². The maximum Gasteiger partial charge on any atom is 0.225 e. The second kappa shape index (κ2) is 3.60. The molecule has 0 atom stereocenters. The van der Waals surface area contributed by atoms with E-state index in [0.717, 1.165) is 16.3 Å². The molecule has 1 N–H and O–H groups in total. The van der Waals surface area contributed by atoms with Gasteiger partial charge >= 0.3 is 0 Å². The van der Waals surface area contributed by atoms with Gasteiger partial charge in [-0.2, -0.15) is 0 Å². The van der Waals surface area contributed by atoms with Crippen molar-refractivity contribution >= 4 is 35.0 Å². The van der Waals surface area contributed by atoms with Crippen LogP contribution >= 0.6 is 23.4 Å². The van der Waals surface area contributed by atoms with Gasteiger partial charge in [0.05, 0.1) is 5.69 Å². The first-order valence-electron chi connectivity index (χ1n) is 3.98. The Labute approximate surface area is 85.7 Å². The summed E-state index contributed by atoms with van der Waals surface area (Å²) in [5.41, 5.74) is 0.872. The third-order valence-corrected chi connectivity index (χ3v) is 3.10. The molecule has 0 radical (unpaired) electrons. The van der Waals surface area contributed by atoms with E-state index >= 15 is 0 Å². The number of amides is 1. The van der Waals surface area contributed by atoms with Gasteiger partial charge in [-0.3, -0.25) is 4.79 Å². The first-order valence-corrected chi connectivity index (χ1v) is 5.34. The van der Waals surface area contributed by atoms with Gasteiger partial charge in [0.2, 0.25) is 5.91 Å². The van der Waals surface area contributed by atoms with Gasteiger partial charge in [-0.15, -0.1) is 11.8 Å². The Morgan fingerprint density at radius 1 is 1.46 bits per heavy atom. The monoisotopic (exact) mass is 213 g/mol. The number of halogens is 1. The predicted molar refractivity (Wildman–Crippen MR) is 55.4 cm³/mol. The van der Waals surface area contributed by atoms with Crippen LogP contribution in [0.3, 0.4) is 0 Å². The number of fused-ring (bicyclic) bond motifs is 1. The van der Waals surface area contributed by atoms with E-state index in [-0.39, 0.29) is 5.91 Å². The lowest BCUT2D eigenvalue weighted by Crippen LogP contribution is -2.09. The largest absolute Gasteiger partial charge is 0.325 e. The van der Waals surface area contributed by atoms with Crippen LogP contribution in [-0.4, -0.2) is 11.7 Å². The molecule has 0 unspecified atom stereocenters. The number of thioether (sulfide) groups is 1. The minimum absolute atomic E-state index is 0.0774. The van der Waals surface area contributed by atoms with Crippen molar-refractivity contribution in [1.82, 2.24) is 0 Å². The van der Waals surface area contributed by atoms with E-state index in [1.54, 1.807) is 17.8 Å². The van der Waals surface area contributed by atoms with E-state index in [2.05, 4.69) is 5.32 Å². The molecule has 0 saturated carbocycles. The van der Waals surface area contributed by atoms with Gasteiger partial charge in [0.1, 0.15) is 0 Å². The Bertz CT molecular complexity index is 353. The molecule has 0 aromatic heterocycles. The van der Waals surface area contributed by atoms with Crippen LogP contribution in [0.4, 0.5) is 5.69 Å². The van der Waals surface area contributed by atoms with Crippen molar-refractivity contribution < 1.29 is 4.79 Å². The van der Waals surface area contributed by atoms with Gasteiger partial charge in [-0.25, -0.2) is 0 Å². The lowest BCUT2D eigenvalue weighted by atomic mass is 10.3. The SMILES string of the molecule is O=C1CCSc2cc(Cl)ccc2N1. The number of rotatable bonds is 0. The average molecular weight is 214 g/mol. The Morgan fingerprint density at radius 3 is 3.15 bits per heavy atom. The molecule has 4 heteroatoms. The van der Waals surface area contributed by atoms with Gasteiger partial charge in [0.25, 0.3) is 0 Å². The first kappa shape index (κ1) is 8.91. The van der Waals surface area contributed by atoms with Gasteiger partial charge < -0.3 is 5.32 Å². The minimum Gasteiger partial charge on any atom is -0.325 e. The molecule has 1 aromatic rings. The molecule has 0 saturated heterocycles. The number of hydrogen-bond acceptors (Lipinski definition) is 2. The summed E-state index contributed by atoms with van der Waals surface area (Å²) in [6, 6.07) is 5.51. The quantitative estimate of drug-likeness (QED) is 0.718. The highest BCUT2D eigenvalue weighted by Gasteiger charge is 2.12. The minimum atomic E-state index is 0.0774. The second-order valence-electron chi connectivity index (χ2n) is 2.79. The topological polar surface area (TPSA) is 29.1 Å². The Morgan fingerprint density at radius 2 is 2.31 bits per heavy atom. The number of carbonyl (C=O) groups is 1. The van der Waals surface area contributed by atoms with Crippen molar-refractivity contribution in [2.75, 3.05) is 11.1 Å². The summed E-state index contributed by atoms with van der Waals surface area (Å²) in [5, 5.41) is 3.54. The second-order valence-corrected chi connectivity index (χ2v) is 4.36. The van der Waals surface area contributed by atoms with Crippen molar-refractivity contribution in [3.8, 4) is 0 Å². The summed E-state index contributed by atoms with van der Waals surface area (Å²) in [7, 11) is 0. The summed E-state index contributed by atoms with van der Waals surface area (Å²) in [5.74, 6) is 0.896. The molecule has 0 fully saturated rings. The molecule has 1 heterocycles. The smallest absolute Gasteiger partial charge is 0.225 e. The van der Waals surface area contributed by atoms with Crippen molar-refractivity contribution in [2.45, 2.75) is 11.3 Å². The van der Waals surface area contributed by atoms with E-state index in [4.69, 9.17) is 11.6 Å². The van der Waals surface area contributed by atoms with Crippen LogP contribution in [0.1, 0.15) is 6.42 Å². The molecule has 0 bridgehead atoms. The van der Waals surface area contributed by atoms with Crippen LogP contribution in [0.5, 0.6) is 0 Å². The standard InChI is InChI=1S/C9H8ClNOS/c10-6-1-2-7-8(5-6)13-4-3-9(12)11-7/h1-2,5H,3-4H2,(H,11,12). The Hall–Kier alpha value is -0.670. The molecule has 1 amide bonds. The van der Waals surface area contributed by atoms with Crippen LogP contribution < -0.4 is 5.32 Å². The van der Waals surface area contributed by atoms with E-state index in [0.29, 0.717) is 11.4 Å². The molecule has 1 aliphatic heterocycles. The third kappa shape index (κ3) is 1.98. The number of anilines is 1. The molecule has 1 aromatic carbocycles. The summed E-state index contributed by atoms with van der Waals surface area (Å²) in [6.07, 6.45) is 0.566. The van der Waals surface area contributed by atoms with Crippen molar-refractivity contribution in [2.24, 2.45) is 0 Å². The molecular formula is C9H8ClNOS. The zero-order valence-corrected chi connectivity index (χ0v) is 8.41. The number of benzene rings is 1. The van der Waals surface area contributed by atoms with Gasteiger partial charge in [0, 0.05) is 22.1 Å². The molecule has 13 heavy (non-hydrogen) atoms. The normalized spacial score (nSPS) is 15.9. The summed E-state index contributed by atoms with van der Waals surface area (Å²) >= 11 is 7.50. The third-order valence-electron chi connectivity index (χ3n) is 1.80. The molecule has 2 rings (SSSR count). The Kier molecular flexibility index (Phi) is 2.47. The highest BCUT2D eigenvalue weighted by Crippen LogP contribution is 2.32. The van der Waals surface area contributed by atoms with Gasteiger partial charge in [-0.05, 0) is 18.2 Å². The van der Waals surface area contributed by atoms with Crippen molar-refractivity contribution in [3.05, 3.63) is 23.2 Å². The summed E-state index contributed by atoms with van der Waals surface area (Å²) in [6.45, 7) is 0. The van der Waals surface area contributed by atoms with Gasteiger partial charge in [-0.1, -0.05) is 11.6 Å². The molecule has 68 valence electrons. The Balaban J connectivity index is 2.40. The van der Waals surface area contributed by atoms with Crippen LogP contribution in [0.2, 0.25) is 5.02 Å². The highest BCUT2D eigenvalue weighted by molar-refractivity contribution is 7.99. The van der Waals surface area contributed by atoms with E-state index in [1.165, 1.54) is 0 Å². The van der Waals surface area contributed by atoms with Crippen LogP contribution in [-0.2, 0) is 4.79 Å². The van der Waals surface area contributed by atoms with Crippen LogP contribution in [0.15, 0.2) is 23.1 Å². The average Bonchev–Trinajstić information content (AvgIpc) is 2.25. The predicted octanol–water partition coefficient (Wildman–Crippen LogP) is 2.77. The van der Waals surface area contributed by atoms with Crippen molar-refractivity contribution in [1.29, 1.82) is 0 Å². The van der Waals surface area contributed by atoms with E-state index < -0.39 is 0 Å². The van der Waals surface area contributed by atoms with Crippen LogP contribution in [0.25, 0.3) is 0 Å². The van der Waals surface area contributed by atoms with E-state index in [1.807, 2.05) is 12.1 Å². The fourth-order valence-electron chi connectivity index (χ4n) is 1.19. The summed E-state index contributed by atoms with van der Waals surface area (Å²) in [4.78, 5) is 12.2. The zero-order valence-electron chi connectivity index (χ0n) is 6.84. The molecule has 0 aliphatic carbocycles. The highest BCUT2D eigenvalue weighted by atomic mass is 35.5.